The molecule has 0 saturated heterocycles. The molecule has 0 unspecified atom stereocenters. The topological polar surface area (TPSA) is 30.5 Å². The Morgan fingerprint density at radius 1 is 0.815 bits per heavy atom. The summed E-state index contributed by atoms with van der Waals surface area (Å²) < 4.78 is 11.5. The summed E-state index contributed by atoms with van der Waals surface area (Å²) >= 11 is 0. The highest BCUT2D eigenvalue weighted by molar-refractivity contribution is 5.35. The molecule has 0 aliphatic carbocycles. The molecule has 0 atom stereocenters. The van der Waals surface area contributed by atoms with Crippen LogP contribution in [0.4, 0.5) is 0 Å². The van der Waals surface area contributed by atoms with Gasteiger partial charge in [0.25, 0.3) is 0 Å². The normalized spacial score (nSPS) is 10.6. The van der Waals surface area contributed by atoms with Gasteiger partial charge in [0.05, 0.1) is 7.11 Å². The zero-order valence-electron chi connectivity index (χ0n) is 16.1. The van der Waals surface area contributed by atoms with E-state index in [4.69, 9.17) is 9.47 Å². The number of hydrogen-bond donors (Lipinski definition) is 1. The van der Waals surface area contributed by atoms with E-state index in [1.165, 1.54) is 22.3 Å². The molecule has 3 heteroatoms. The maximum absolute atomic E-state index is 6.07. The molecule has 0 spiro atoms. The van der Waals surface area contributed by atoms with Crippen molar-refractivity contribution in [1.82, 2.24) is 5.32 Å². The minimum atomic E-state index is 0.583. The van der Waals surface area contributed by atoms with Crippen LogP contribution >= 0.6 is 0 Å². The van der Waals surface area contributed by atoms with Gasteiger partial charge in [-0.15, -0.1) is 0 Å². The summed E-state index contributed by atoms with van der Waals surface area (Å²) in [5.41, 5.74) is 4.83. The Hall–Kier alpha value is -2.78. The number of para-hydroxylation sites is 2. The van der Waals surface area contributed by atoms with Gasteiger partial charge in [0, 0.05) is 12.1 Å². The van der Waals surface area contributed by atoms with Crippen LogP contribution in [0.3, 0.4) is 0 Å². The third-order valence-corrected chi connectivity index (χ3v) is 4.53. The van der Waals surface area contributed by atoms with E-state index in [2.05, 4.69) is 54.7 Å². The third-order valence-electron chi connectivity index (χ3n) is 4.53. The molecule has 3 aromatic carbocycles. The maximum atomic E-state index is 6.07. The van der Waals surface area contributed by atoms with Crippen LogP contribution in [0, 0.1) is 6.92 Å². The number of benzene rings is 3. The summed E-state index contributed by atoms with van der Waals surface area (Å²) in [5, 5.41) is 3.51. The maximum Gasteiger partial charge on any atom is 0.124 e. The Balaban J connectivity index is 1.53. The molecule has 3 rings (SSSR count). The van der Waals surface area contributed by atoms with Crippen molar-refractivity contribution in [2.24, 2.45) is 0 Å². The lowest BCUT2D eigenvalue weighted by molar-refractivity contribution is 0.302. The Bertz CT molecular complexity index is 860. The molecule has 0 amide bonds. The molecule has 0 aromatic heterocycles. The minimum Gasteiger partial charge on any atom is -0.496 e. The van der Waals surface area contributed by atoms with Gasteiger partial charge in [-0.25, -0.2) is 0 Å². The van der Waals surface area contributed by atoms with Gasteiger partial charge in [-0.2, -0.15) is 0 Å². The van der Waals surface area contributed by atoms with E-state index in [9.17, 15) is 0 Å². The summed E-state index contributed by atoms with van der Waals surface area (Å²) in [5.74, 6) is 1.88. The second-order valence-corrected chi connectivity index (χ2v) is 6.62. The molecule has 0 fully saturated rings. The zero-order valence-corrected chi connectivity index (χ0v) is 16.1. The van der Waals surface area contributed by atoms with Crippen molar-refractivity contribution in [3.05, 3.63) is 95.1 Å². The molecular formula is C24H27NO2. The van der Waals surface area contributed by atoms with Crippen molar-refractivity contribution in [2.45, 2.75) is 26.5 Å². The van der Waals surface area contributed by atoms with Gasteiger partial charge in [0.15, 0.2) is 0 Å². The van der Waals surface area contributed by atoms with Crippen LogP contribution < -0.4 is 14.8 Å². The fourth-order valence-corrected chi connectivity index (χ4v) is 3.11. The number of ether oxygens (including phenoxy) is 2. The number of hydrogen-bond acceptors (Lipinski definition) is 3. The molecule has 0 bridgehead atoms. The molecule has 0 heterocycles. The third kappa shape index (κ3) is 5.60. The highest BCUT2D eigenvalue weighted by Crippen LogP contribution is 2.20. The van der Waals surface area contributed by atoms with Crippen LogP contribution in [-0.2, 0) is 19.6 Å². The Kier molecular flexibility index (Phi) is 6.89. The Morgan fingerprint density at radius 2 is 1.56 bits per heavy atom. The predicted molar refractivity (Wildman–Crippen MR) is 110 cm³/mol. The average Bonchev–Trinajstić information content (AvgIpc) is 2.70. The molecule has 0 aliphatic heterocycles. The molecule has 3 nitrogen and oxygen atoms in total. The smallest absolute Gasteiger partial charge is 0.124 e. The molecule has 1 N–H and O–H groups in total. The molecular weight excluding hydrogens is 334 g/mol. The first kappa shape index (κ1) is 19.0. The summed E-state index contributed by atoms with van der Waals surface area (Å²) in [7, 11) is 1.72. The van der Waals surface area contributed by atoms with Crippen molar-refractivity contribution in [2.75, 3.05) is 13.7 Å². The van der Waals surface area contributed by atoms with Gasteiger partial charge in [0.1, 0.15) is 18.1 Å². The van der Waals surface area contributed by atoms with E-state index in [1.807, 2.05) is 30.3 Å². The van der Waals surface area contributed by atoms with E-state index in [1.54, 1.807) is 7.11 Å². The summed E-state index contributed by atoms with van der Waals surface area (Å²) in [4.78, 5) is 0. The van der Waals surface area contributed by atoms with Gasteiger partial charge < -0.3 is 14.8 Å². The van der Waals surface area contributed by atoms with Crippen LogP contribution in [0.25, 0.3) is 0 Å². The lowest BCUT2D eigenvalue weighted by atomic mass is 10.1. The highest BCUT2D eigenvalue weighted by atomic mass is 16.5. The molecule has 27 heavy (non-hydrogen) atoms. The SMILES string of the molecule is COc1ccccc1CCNCc1ccccc1OCc1cccc(C)c1. The summed E-state index contributed by atoms with van der Waals surface area (Å²) in [6.45, 7) is 4.34. The Labute approximate surface area is 162 Å². The fourth-order valence-electron chi connectivity index (χ4n) is 3.11. The van der Waals surface area contributed by atoms with Crippen molar-refractivity contribution in [3.8, 4) is 11.5 Å². The van der Waals surface area contributed by atoms with Crippen LogP contribution in [0.5, 0.6) is 11.5 Å². The lowest BCUT2D eigenvalue weighted by Gasteiger charge is -2.13. The zero-order chi connectivity index (χ0) is 18.9. The van der Waals surface area contributed by atoms with E-state index in [0.717, 1.165) is 31.0 Å². The molecule has 3 aromatic rings. The number of aryl methyl sites for hydroxylation is 1. The van der Waals surface area contributed by atoms with Gasteiger partial charge >= 0.3 is 0 Å². The van der Waals surface area contributed by atoms with Gasteiger partial charge in [-0.1, -0.05) is 66.2 Å². The second-order valence-electron chi connectivity index (χ2n) is 6.62. The number of rotatable bonds is 9. The predicted octanol–water partition coefficient (Wildman–Crippen LogP) is 4.91. The van der Waals surface area contributed by atoms with Crippen molar-refractivity contribution in [1.29, 1.82) is 0 Å². The summed E-state index contributed by atoms with van der Waals surface area (Å²) in [6.07, 6.45) is 0.927. The molecule has 140 valence electrons. The minimum absolute atomic E-state index is 0.583. The highest BCUT2D eigenvalue weighted by Gasteiger charge is 2.05. The quantitative estimate of drug-likeness (QED) is 0.549. The first-order valence-electron chi connectivity index (χ1n) is 9.35. The van der Waals surface area contributed by atoms with Crippen molar-refractivity contribution < 1.29 is 9.47 Å². The van der Waals surface area contributed by atoms with Crippen LogP contribution in [0.15, 0.2) is 72.8 Å². The summed E-state index contributed by atoms with van der Waals surface area (Å²) in [6, 6.07) is 24.8. The number of nitrogens with one attached hydrogen (secondary N) is 1. The van der Waals surface area contributed by atoms with Gasteiger partial charge in [-0.05, 0) is 43.1 Å². The fraction of sp³-hybridized carbons (Fsp3) is 0.250. The average molecular weight is 361 g/mol. The lowest BCUT2D eigenvalue weighted by Crippen LogP contribution is -2.17. The molecule has 0 radical (unpaired) electrons. The van der Waals surface area contributed by atoms with Crippen LogP contribution in [-0.4, -0.2) is 13.7 Å². The first-order chi connectivity index (χ1) is 13.3. The van der Waals surface area contributed by atoms with Crippen LogP contribution in [0.2, 0.25) is 0 Å². The van der Waals surface area contributed by atoms with Crippen molar-refractivity contribution >= 4 is 0 Å². The number of methoxy groups -OCH3 is 1. The van der Waals surface area contributed by atoms with Crippen LogP contribution in [0.1, 0.15) is 22.3 Å². The van der Waals surface area contributed by atoms with E-state index in [-0.39, 0.29) is 0 Å². The Morgan fingerprint density at radius 3 is 2.33 bits per heavy atom. The standard InChI is InChI=1S/C24H27NO2/c1-19-8-7-9-20(16-19)18-27-24-13-6-4-11-22(24)17-25-15-14-21-10-3-5-12-23(21)26-2/h3-13,16,25H,14-15,17-18H2,1-2H3. The van der Waals surface area contributed by atoms with Gasteiger partial charge in [0.2, 0.25) is 0 Å². The largest absolute Gasteiger partial charge is 0.496 e. The van der Waals surface area contributed by atoms with E-state index >= 15 is 0 Å². The monoisotopic (exact) mass is 361 g/mol. The van der Waals surface area contributed by atoms with Crippen molar-refractivity contribution in [3.63, 3.8) is 0 Å². The first-order valence-corrected chi connectivity index (χ1v) is 9.35. The van der Waals surface area contributed by atoms with Gasteiger partial charge in [-0.3, -0.25) is 0 Å². The molecule has 0 aliphatic rings. The molecule has 0 saturated carbocycles. The second kappa shape index (κ2) is 9.79. The van der Waals surface area contributed by atoms with E-state index < -0.39 is 0 Å². The van der Waals surface area contributed by atoms with E-state index in [0.29, 0.717) is 6.61 Å².